The molecule has 0 aromatic carbocycles. The lowest BCUT2D eigenvalue weighted by Gasteiger charge is -2.03. The fourth-order valence-electron chi connectivity index (χ4n) is 0.655. The van der Waals surface area contributed by atoms with Crippen LogP contribution >= 0.6 is 0 Å². The molecule has 0 rings (SSSR count). The van der Waals surface area contributed by atoms with Crippen molar-refractivity contribution in [3.8, 4) is 0 Å². The van der Waals surface area contributed by atoms with E-state index in [1.165, 1.54) is 6.08 Å². The molecule has 0 fully saturated rings. The van der Waals surface area contributed by atoms with Crippen molar-refractivity contribution in [1.29, 1.82) is 5.41 Å². The number of nitrogens with one attached hydrogen (secondary N) is 2. The van der Waals surface area contributed by atoms with Crippen LogP contribution in [0.3, 0.4) is 0 Å². The largest absolute Gasteiger partial charge is 0.445 e. The summed E-state index contributed by atoms with van der Waals surface area (Å²) in [6.07, 6.45) is 2.17. The first-order valence-electron chi connectivity index (χ1n) is 4.01. The second-order valence-electron chi connectivity index (χ2n) is 2.44. The van der Waals surface area contributed by atoms with Crippen molar-refractivity contribution in [3.63, 3.8) is 0 Å². The van der Waals surface area contributed by atoms with Crippen molar-refractivity contribution in [3.05, 3.63) is 12.7 Å². The van der Waals surface area contributed by atoms with Gasteiger partial charge in [-0.3, -0.25) is 5.41 Å². The Labute approximate surface area is 77.5 Å². The van der Waals surface area contributed by atoms with Crippen LogP contribution in [0.1, 0.15) is 12.8 Å². The molecular weight excluding hydrogens is 170 g/mol. The Balaban J connectivity index is 3.26. The minimum atomic E-state index is -0.469. The molecule has 0 heterocycles. The van der Waals surface area contributed by atoms with Crippen LogP contribution in [0.5, 0.6) is 0 Å². The highest BCUT2D eigenvalue weighted by atomic mass is 16.5. The van der Waals surface area contributed by atoms with Gasteiger partial charge < -0.3 is 15.8 Å². The minimum absolute atomic E-state index is 0.126. The molecule has 13 heavy (non-hydrogen) atoms. The van der Waals surface area contributed by atoms with Crippen LogP contribution < -0.4 is 11.1 Å². The highest BCUT2D eigenvalue weighted by Gasteiger charge is 1.98. The first kappa shape index (κ1) is 11.5. The smallest absolute Gasteiger partial charge is 0.407 e. The summed E-state index contributed by atoms with van der Waals surface area (Å²) in [5, 5.41) is 9.42. The molecule has 74 valence electrons. The van der Waals surface area contributed by atoms with E-state index in [9.17, 15) is 4.79 Å². The van der Waals surface area contributed by atoms with Crippen LogP contribution in [0.15, 0.2) is 12.7 Å². The molecule has 0 saturated heterocycles. The molecule has 0 aliphatic carbocycles. The molecule has 0 spiro atoms. The average Bonchev–Trinajstić information content (AvgIpc) is 2.08. The van der Waals surface area contributed by atoms with E-state index in [-0.39, 0.29) is 12.4 Å². The Bertz CT molecular complexity index is 192. The molecule has 4 N–H and O–H groups in total. The Morgan fingerprint density at radius 2 is 2.38 bits per heavy atom. The number of amidine groups is 1. The Morgan fingerprint density at radius 1 is 1.69 bits per heavy atom. The quantitative estimate of drug-likeness (QED) is 0.245. The fraction of sp³-hybridized carbons (Fsp3) is 0.500. The summed E-state index contributed by atoms with van der Waals surface area (Å²) in [5.74, 6) is 0.126. The summed E-state index contributed by atoms with van der Waals surface area (Å²) in [6.45, 7) is 4.08. The molecule has 5 nitrogen and oxygen atoms in total. The lowest BCUT2D eigenvalue weighted by molar-refractivity contribution is 0.158. The molecule has 1 amide bonds. The Kier molecular flexibility index (Phi) is 6.31. The molecule has 0 bridgehead atoms. The van der Waals surface area contributed by atoms with Gasteiger partial charge in [-0.2, -0.15) is 0 Å². The van der Waals surface area contributed by atoms with Gasteiger partial charge in [-0.1, -0.05) is 12.7 Å². The average molecular weight is 185 g/mol. The molecule has 0 unspecified atom stereocenters. The number of carbonyl (C=O) groups is 1. The van der Waals surface area contributed by atoms with E-state index in [4.69, 9.17) is 11.1 Å². The van der Waals surface area contributed by atoms with Gasteiger partial charge in [0.05, 0.1) is 5.84 Å². The zero-order chi connectivity index (χ0) is 10.1. The molecule has 0 radical (unpaired) electrons. The lowest BCUT2D eigenvalue weighted by atomic mass is 10.3. The molecule has 0 aliphatic heterocycles. The van der Waals surface area contributed by atoms with Crippen LogP contribution in [0.4, 0.5) is 4.79 Å². The number of amides is 1. The zero-order valence-corrected chi connectivity index (χ0v) is 7.51. The Hall–Kier alpha value is -1.52. The topological polar surface area (TPSA) is 88.2 Å². The fourth-order valence-corrected chi connectivity index (χ4v) is 0.655. The third-order valence-electron chi connectivity index (χ3n) is 1.22. The van der Waals surface area contributed by atoms with Gasteiger partial charge in [-0.15, -0.1) is 0 Å². The summed E-state index contributed by atoms with van der Waals surface area (Å²) in [7, 11) is 0. The van der Waals surface area contributed by atoms with Crippen LogP contribution in [0, 0.1) is 5.41 Å². The van der Waals surface area contributed by atoms with Gasteiger partial charge in [0.25, 0.3) is 0 Å². The van der Waals surface area contributed by atoms with Crippen molar-refractivity contribution >= 4 is 11.9 Å². The first-order chi connectivity index (χ1) is 6.16. The second-order valence-corrected chi connectivity index (χ2v) is 2.44. The lowest BCUT2D eigenvalue weighted by Crippen LogP contribution is -2.26. The number of hydrogen-bond donors (Lipinski definition) is 3. The van der Waals surface area contributed by atoms with E-state index < -0.39 is 6.09 Å². The molecular formula is C8H15N3O2. The van der Waals surface area contributed by atoms with E-state index in [0.29, 0.717) is 19.4 Å². The number of alkyl carbamates (subject to hydrolysis) is 1. The molecule has 0 saturated carbocycles. The minimum Gasteiger partial charge on any atom is -0.445 e. The Morgan fingerprint density at radius 3 is 2.92 bits per heavy atom. The van der Waals surface area contributed by atoms with Gasteiger partial charge >= 0.3 is 6.09 Å². The van der Waals surface area contributed by atoms with E-state index in [2.05, 4.69) is 16.6 Å². The standard InChI is InChI=1S/C8H15N3O2/c1-2-6-13-8(12)11-5-3-4-7(9)10/h2H,1,3-6H2,(H3,9,10)(H,11,12). The summed E-state index contributed by atoms with van der Waals surface area (Å²) in [4.78, 5) is 10.8. The second kappa shape index (κ2) is 7.15. The summed E-state index contributed by atoms with van der Waals surface area (Å²) < 4.78 is 4.65. The molecule has 5 heteroatoms. The van der Waals surface area contributed by atoms with Crippen LogP contribution in [0.2, 0.25) is 0 Å². The maximum atomic E-state index is 10.8. The van der Waals surface area contributed by atoms with Crippen LogP contribution in [-0.2, 0) is 4.74 Å². The van der Waals surface area contributed by atoms with Crippen LogP contribution in [-0.4, -0.2) is 25.1 Å². The maximum Gasteiger partial charge on any atom is 0.407 e. The number of hydrogen-bond acceptors (Lipinski definition) is 3. The predicted octanol–water partition coefficient (Wildman–Crippen LogP) is 0.615. The molecule has 0 atom stereocenters. The normalized spacial score (nSPS) is 8.92. The predicted molar refractivity (Wildman–Crippen MR) is 50.7 cm³/mol. The summed E-state index contributed by atoms with van der Waals surface area (Å²) in [5.41, 5.74) is 5.12. The van der Waals surface area contributed by atoms with Gasteiger partial charge in [-0.25, -0.2) is 4.79 Å². The van der Waals surface area contributed by atoms with Gasteiger partial charge in [0.1, 0.15) is 6.61 Å². The van der Waals surface area contributed by atoms with E-state index in [0.717, 1.165) is 0 Å². The number of carbonyl (C=O) groups excluding carboxylic acids is 1. The van der Waals surface area contributed by atoms with Gasteiger partial charge in [0, 0.05) is 13.0 Å². The van der Waals surface area contributed by atoms with Gasteiger partial charge in [0.2, 0.25) is 0 Å². The number of rotatable bonds is 6. The van der Waals surface area contributed by atoms with Crippen molar-refractivity contribution < 1.29 is 9.53 Å². The third kappa shape index (κ3) is 8.39. The highest BCUT2D eigenvalue weighted by molar-refractivity contribution is 5.76. The zero-order valence-electron chi connectivity index (χ0n) is 7.51. The van der Waals surface area contributed by atoms with Gasteiger partial charge in [0.15, 0.2) is 0 Å². The van der Waals surface area contributed by atoms with Crippen LogP contribution in [0.25, 0.3) is 0 Å². The van der Waals surface area contributed by atoms with E-state index in [1.807, 2.05) is 0 Å². The van der Waals surface area contributed by atoms with Crippen molar-refractivity contribution in [2.45, 2.75) is 12.8 Å². The van der Waals surface area contributed by atoms with Gasteiger partial charge in [-0.05, 0) is 6.42 Å². The number of ether oxygens (including phenoxy) is 1. The maximum absolute atomic E-state index is 10.8. The third-order valence-corrected chi connectivity index (χ3v) is 1.22. The summed E-state index contributed by atoms with van der Waals surface area (Å²) >= 11 is 0. The van der Waals surface area contributed by atoms with E-state index in [1.54, 1.807) is 0 Å². The highest BCUT2D eigenvalue weighted by Crippen LogP contribution is 1.85. The first-order valence-corrected chi connectivity index (χ1v) is 4.01. The van der Waals surface area contributed by atoms with Crippen molar-refractivity contribution in [1.82, 2.24) is 5.32 Å². The number of nitrogens with two attached hydrogens (primary N) is 1. The SMILES string of the molecule is C=CCOC(=O)NCCCC(=N)N. The van der Waals surface area contributed by atoms with Crippen molar-refractivity contribution in [2.75, 3.05) is 13.2 Å². The molecule has 0 aromatic rings. The van der Waals surface area contributed by atoms with E-state index >= 15 is 0 Å². The monoisotopic (exact) mass is 185 g/mol. The molecule has 0 aliphatic rings. The summed E-state index contributed by atoms with van der Waals surface area (Å²) in [6, 6.07) is 0. The molecule has 0 aromatic heterocycles. The van der Waals surface area contributed by atoms with Crippen molar-refractivity contribution in [2.24, 2.45) is 5.73 Å².